The number of amides is 2. The number of alkyl halides is 3. The Labute approximate surface area is 305 Å². The number of carbonyl (C=O) groups excluding carboxylic acids is 3. The van der Waals surface area contributed by atoms with Crippen molar-refractivity contribution in [2.45, 2.75) is 44.1 Å². The second kappa shape index (κ2) is 16.7. The van der Waals surface area contributed by atoms with Gasteiger partial charge in [-0.1, -0.05) is 54.6 Å². The summed E-state index contributed by atoms with van der Waals surface area (Å²) in [5.74, 6) is -1.02. The summed E-state index contributed by atoms with van der Waals surface area (Å²) in [5.41, 5.74) is 0.816. The van der Waals surface area contributed by atoms with Crippen LogP contribution < -0.4 is 19.8 Å². The fourth-order valence-electron chi connectivity index (χ4n) is 6.19. The van der Waals surface area contributed by atoms with Gasteiger partial charge in [0.2, 0.25) is 15.9 Å². The maximum absolute atomic E-state index is 14.4. The molecule has 4 aromatic rings. The standard InChI is InChI=1S/C38H36F3N5O6S/c1-53(50,51)46(30-17-15-27(22-42)16-18-30)33-13-6-12-31(36(33)45-19-7-14-35(45)48)37(49)44-32(21-26-8-3-2-4-9-26)34(52-25-47)24-43-23-28-10-5-11-29(20-28)38(39,40)41/h2-6,8-13,15-18,20,25,32,34,43H,7,14,19,21,23-24H2,1H3,(H,44,49)/t32-,34+/m0/s1. The third-order valence-electron chi connectivity index (χ3n) is 8.61. The molecule has 5 rings (SSSR count). The fourth-order valence-corrected chi connectivity index (χ4v) is 7.20. The van der Waals surface area contributed by atoms with Crippen molar-refractivity contribution in [3.05, 3.63) is 125 Å². The van der Waals surface area contributed by atoms with Crippen molar-refractivity contribution in [3.63, 3.8) is 0 Å². The van der Waals surface area contributed by atoms with Crippen molar-refractivity contribution < 1.29 is 40.7 Å². The zero-order chi connectivity index (χ0) is 38.2. The van der Waals surface area contributed by atoms with Crippen molar-refractivity contribution in [1.29, 1.82) is 5.26 Å². The van der Waals surface area contributed by atoms with Gasteiger partial charge in [0.1, 0.15) is 6.10 Å². The predicted octanol–water partition coefficient (Wildman–Crippen LogP) is 5.47. The van der Waals surface area contributed by atoms with E-state index in [0.717, 1.165) is 28.3 Å². The van der Waals surface area contributed by atoms with Crippen LogP contribution in [0.15, 0.2) is 97.1 Å². The highest BCUT2D eigenvalue weighted by atomic mass is 32.2. The van der Waals surface area contributed by atoms with E-state index in [4.69, 9.17) is 4.74 Å². The molecule has 15 heteroatoms. The monoisotopic (exact) mass is 747 g/mol. The van der Waals surface area contributed by atoms with Gasteiger partial charge in [-0.2, -0.15) is 18.4 Å². The van der Waals surface area contributed by atoms with Crippen LogP contribution in [0.25, 0.3) is 0 Å². The molecule has 1 fully saturated rings. The molecule has 276 valence electrons. The summed E-state index contributed by atoms with van der Waals surface area (Å²) in [6.07, 6.45) is -3.76. The number of para-hydroxylation sites is 1. The number of nitriles is 1. The van der Waals surface area contributed by atoms with Crippen molar-refractivity contribution in [1.82, 2.24) is 10.6 Å². The third-order valence-corrected chi connectivity index (χ3v) is 9.68. The summed E-state index contributed by atoms with van der Waals surface area (Å²) in [4.78, 5) is 40.7. The van der Waals surface area contributed by atoms with Gasteiger partial charge in [-0.3, -0.25) is 14.4 Å². The SMILES string of the molecule is CS(=O)(=O)N(c1ccc(C#N)cc1)c1cccc(C(=O)N[C@@H](Cc2ccccc2)[C@@H](CNCc2cccc(C(F)(F)F)c2)OC=O)c1N1CCCC1=O. The first-order valence-corrected chi connectivity index (χ1v) is 18.4. The van der Waals surface area contributed by atoms with Crippen LogP contribution in [-0.2, 0) is 43.5 Å². The van der Waals surface area contributed by atoms with Crippen LogP contribution in [0.3, 0.4) is 0 Å². The molecule has 0 unspecified atom stereocenters. The second-order valence-electron chi connectivity index (χ2n) is 12.4. The van der Waals surface area contributed by atoms with Gasteiger partial charge in [-0.25, -0.2) is 12.7 Å². The minimum Gasteiger partial charge on any atom is -0.461 e. The molecule has 0 spiro atoms. The van der Waals surface area contributed by atoms with E-state index in [2.05, 4.69) is 10.6 Å². The largest absolute Gasteiger partial charge is 0.461 e. The van der Waals surface area contributed by atoms with E-state index in [1.54, 1.807) is 18.2 Å². The second-order valence-corrected chi connectivity index (χ2v) is 14.2. The van der Waals surface area contributed by atoms with Crippen molar-refractivity contribution >= 4 is 45.4 Å². The summed E-state index contributed by atoms with van der Waals surface area (Å²) in [6, 6.07) is 25.1. The Morgan fingerprint density at radius 3 is 2.34 bits per heavy atom. The van der Waals surface area contributed by atoms with Crippen molar-refractivity contribution in [2.75, 3.05) is 28.6 Å². The van der Waals surface area contributed by atoms with Crippen LogP contribution in [0, 0.1) is 11.3 Å². The Morgan fingerprint density at radius 1 is 1.02 bits per heavy atom. The zero-order valence-corrected chi connectivity index (χ0v) is 29.4. The quantitative estimate of drug-likeness (QED) is 0.152. The molecule has 2 atom stereocenters. The van der Waals surface area contributed by atoms with Gasteiger partial charge in [0, 0.05) is 26.1 Å². The van der Waals surface area contributed by atoms with Crippen LogP contribution in [0.5, 0.6) is 0 Å². The van der Waals surface area contributed by atoms with Gasteiger partial charge in [-0.05, 0) is 66.4 Å². The van der Waals surface area contributed by atoms with E-state index in [1.165, 1.54) is 59.5 Å². The van der Waals surface area contributed by atoms with E-state index in [9.17, 15) is 41.2 Å². The molecule has 0 aromatic heterocycles. The molecule has 1 heterocycles. The fraction of sp³-hybridized carbons (Fsp3) is 0.263. The first kappa shape index (κ1) is 38.5. The number of hydrogen-bond donors (Lipinski definition) is 2. The summed E-state index contributed by atoms with van der Waals surface area (Å²) in [5, 5.41) is 15.2. The van der Waals surface area contributed by atoms with Gasteiger partial charge < -0.3 is 20.3 Å². The van der Waals surface area contributed by atoms with Gasteiger partial charge in [-0.15, -0.1) is 0 Å². The summed E-state index contributed by atoms with van der Waals surface area (Å²) in [6.45, 7) is 0.363. The van der Waals surface area contributed by atoms with Crippen LogP contribution in [0.4, 0.5) is 30.2 Å². The number of sulfonamides is 1. The van der Waals surface area contributed by atoms with Crippen LogP contribution in [-0.4, -0.2) is 58.2 Å². The van der Waals surface area contributed by atoms with E-state index >= 15 is 0 Å². The minimum absolute atomic E-state index is 0.00538. The predicted molar refractivity (Wildman–Crippen MR) is 192 cm³/mol. The number of carbonyl (C=O) groups is 3. The molecule has 0 radical (unpaired) electrons. The first-order valence-electron chi connectivity index (χ1n) is 16.5. The number of nitrogens with zero attached hydrogens (tertiary/aromatic N) is 3. The van der Waals surface area contributed by atoms with E-state index in [1.807, 2.05) is 18.2 Å². The Hall–Kier alpha value is -5.72. The zero-order valence-electron chi connectivity index (χ0n) is 28.5. The van der Waals surface area contributed by atoms with Crippen LogP contribution in [0.2, 0.25) is 0 Å². The number of rotatable bonds is 15. The molecule has 0 bridgehead atoms. The van der Waals surface area contributed by atoms with E-state index < -0.39 is 39.8 Å². The summed E-state index contributed by atoms with van der Waals surface area (Å²) < 4.78 is 73.1. The lowest BCUT2D eigenvalue weighted by Crippen LogP contribution is -2.50. The highest BCUT2D eigenvalue weighted by Crippen LogP contribution is 2.41. The Balaban J connectivity index is 1.52. The maximum atomic E-state index is 14.4. The average Bonchev–Trinajstić information content (AvgIpc) is 3.56. The van der Waals surface area contributed by atoms with Crippen LogP contribution >= 0.6 is 0 Å². The molecule has 1 aliphatic heterocycles. The minimum atomic E-state index is -4.53. The lowest BCUT2D eigenvalue weighted by atomic mass is 9.99. The van der Waals surface area contributed by atoms with E-state index in [0.29, 0.717) is 17.5 Å². The Morgan fingerprint density at radius 2 is 1.72 bits per heavy atom. The number of benzene rings is 4. The summed E-state index contributed by atoms with van der Waals surface area (Å²) >= 11 is 0. The molecule has 2 amide bonds. The Bertz CT molecular complexity index is 2090. The maximum Gasteiger partial charge on any atom is 0.416 e. The highest BCUT2D eigenvalue weighted by Gasteiger charge is 2.35. The number of nitrogens with one attached hydrogen (secondary N) is 2. The normalized spacial score (nSPS) is 14.2. The molecule has 1 aliphatic rings. The van der Waals surface area contributed by atoms with Gasteiger partial charge in [0.25, 0.3) is 12.4 Å². The third kappa shape index (κ3) is 9.59. The molecular formula is C38H36F3N5O6S. The highest BCUT2D eigenvalue weighted by molar-refractivity contribution is 7.92. The molecule has 11 nitrogen and oxygen atoms in total. The van der Waals surface area contributed by atoms with Crippen molar-refractivity contribution in [3.8, 4) is 6.07 Å². The molecule has 1 saturated heterocycles. The Kier molecular flexibility index (Phi) is 12.2. The van der Waals surface area contributed by atoms with Crippen molar-refractivity contribution in [2.24, 2.45) is 0 Å². The molecule has 53 heavy (non-hydrogen) atoms. The molecular weight excluding hydrogens is 712 g/mol. The van der Waals surface area contributed by atoms with E-state index in [-0.39, 0.29) is 67.5 Å². The molecule has 0 saturated carbocycles. The lowest BCUT2D eigenvalue weighted by Gasteiger charge is -2.31. The van der Waals surface area contributed by atoms with Gasteiger partial charge in [0.15, 0.2) is 0 Å². The number of anilines is 3. The summed E-state index contributed by atoms with van der Waals surface area (Å²) in [7, 11) is -4.08. The van der Waals surface area contributed by atoms with Gasteiger partial charge in [0.05, 0.1) is 52.1 Å². The van der Waals surface area contributed by atoms with Crippen LogP contribution in [0.1, 0.15) is 45.5 Å². The number of hydrogen-bond acceptors (Lipinski definition) is 8. The molecule has 4 aromatic carbocycles. The average molecular weight is 748 g/mol. The molecule has 0 aliphatic carbocycles. The first-order chi connectivity index (χ1) is 25.3. The van der Waals surface area contributed by atoms with Gasteiger partial charge >= 0.3 is 6.18 Å². The lowest BCUT2D eigenvalue weighted by molar-refractivity contribution is -0.137. The molecule has 2 N–H and O–H groups in total. The number of ether oxygens (including phenoxy) is 1. The topological polar surface area (TPSA) is 149 Å². The number of halogens is 3. The smallest absolute Gasteiger partial charge is 0.416 e.